The molecule has 1 aliphatic rings. The highest BCUT2D eigenvalue weighted by Gasteiger charge is 2.32. The molecule has 1 aliphatic heterocycles. The molecule has 3 N–H and O–H groups in total. The number of piperidine rings is 1. The summed E-state index contributed by atoms with van der Waals surface area (Å²) >= 11 is 5.99. The number of benzene rings is 1. The van der Waals surface area contributed by atoms with E-state index in [4.69, 9.17) is 17.3 Å². The normalized spacial score (nSPS) is 20.2. The van der Waals surface area contributed by atoms with E-state index in [1.807, 2.05) is 0 Å². The number of carbonyl (C=O) groups is 1. The van der Waals surface area contributed by atoms with Crippen molar-refractivity contribution in [2.45, 2.75) is 30.7 Å². The number of anilines is 1. The van der Waals surface area contributed by atoms with E-state index in [-0.39, 0.29) is 28.4 Å². The van der Waals surface area contributed by atoms with Gasteiger partial charge in [-0.1, -0.05) is 11.6 Å². The van der Waals surface area contributed by atoms with Gasteiger partial charge in [-0.15, -0.1) is 0 Å². The maximum absolute atomic E-state index is 12.7. The first kappa shape index (κ1) is 16.1. The highest BCUT2D eigenvalue weighted by atomic mass is 35.5. The maximum Gasteiger partial charge on any atom is 0.244 e. The van der Waals surface area contributed by atoms with Crippen molar-refractivity contribution in [2.75, 3.05) is 18.8 Å². The quantitative estimate of drug-likeness (QED) is 0.814. The zero-order valence-corrected chi connectivity index (χ0v) is 13.2. The van der Waals surface area contributed by atoms with Crippen molar-refractivity contribution >= 4 is 33.2 Å². The van der Waals surface area contributed by atoms with Gasteiger partial charge in [-0.05, 0) is 31.0 Å². The lowest BCUT2D eigenvalue weighted by atomic mass is 10.1. The SMILES string of the molecule is CC(=O)NC1CCCN(S(=O)(=O)c2cc(N)ccc2Cl)C1. The van der Waals surface area contributed by atoms with Crippen molar-refractivity contribution in [2.24, 2.45) is 0 Å². The summed E-state index contributed by atoms with van der Waals surface area (Å²) in [5.74, 6) is -0.166. The molecule has 1 aromatic rings. The average molecular weight is 332 g/mol. The van der Waals surface area contributed by atoms with Crippen molar-refractivity contribution in [3.8, 4) is 0 Å². The molecule has 0 radical (unpaired) electrons. The van der Waals surface area contributed by atoms with Crippen LogP contribution < -0.4 is 11.1 Å². The molecule has 1 atom stereocenters. The second-order valence-corrected chi connectivity index (χ2v) is 7.41. The fourth-order valence-corrected chi connectivity index (χ4v) is 4.46. The van der Waals surface area contributed by atoms with Gasteiger partial charge < -0.3 is 11.1 Å². The second-order valence-electron chi connectivity index (χ2n) is 5.09. The Hall–Kier alpha value is -1.31. The van der Waals surface area contributed by atoms with Crippen LogP contribution in [-0.4, -0.2) is 37.8 Å². The number of hydrogen-bond acceptors (Lipinski definition) is 4. The molecule has 1 saturated heterocycles. The molecule has 2 rings (SSSR count). The Morgan fingerprint density at radius 3 is 2.86 bits per heavy atom. The first-order valence-electron chi connectivity index (χ1n) is 6.63. The Balaban J connectivity index is 2.26. The van der Waals surface area contributed by atoms with Crippen LogP contribution in [0.15, 0.2) is 23.1 Å². The number of sulfonamides is 1. The van der Waals surface area contributed by atoms with E-state index in [0.29, 0.717) is 18.7 Å². The van der Waals surface area contributed by atoms with E-state index in [9.17, 15) is 13.2 Å². The van der Waals surface area contributed by atoms with E-state index in [0.717, 1.165) is 6.42 Å². The van der Waals surface area contributed by atoms with E-state index in [2.05, 4.69) is 5.32 Å². The summed E-state index contributed by atoms with van der Waals surface area (Å²) in [6.45, 7) is 2.07. The number of nitrogens with one attached hydrogen (secondary N) is 1. The topological polar surface area (TPSA) is 92.5 Å². The Morgan fingerprint density at radius 2 is 2.19 bits per heavy atom. The molecule has 1 unspecified atom stereocenters. The molecular weight excluding hydrogens is 314 g/mol. The molecule has 116 valence electrons. The number of halogens is 1. The minimum absolute atomic E-state index is 0.00708. The third-order valence-corrected chi connectivity index (χ3v) is 5.71. The Kier molecular flexibility index (Phi) is 4.75. The summed E-state index contributed by atoms with van der Waals surface area (Å²) < 4.78 is 26.7. The summed E-state index contributed by atoms with van der Waals surface area (Å²) in [7, 11) is -3.71. The Morgan fingerprint density at radius 1 is 1.48 bits per heavy atom. The van der Waals surface area contributed by atoms with Gasteiger partial charge >= 0.3 is 0 Å². The van der Waals surface area contributed by atoms with Gasteiger partial charge in [0.25, 0.3) is 0 Å². The third-order valence-electron chi connectivity index (χ3n) is 3.36. The van der Waals surface area contributed by atoms with Gasteiger partial charge in [0.15, 0.2) is 0 Å². The predicted octanol–water partition coefficient (Wildman–Crippen LogP) is 1.21. The maximum atomic E-state index is 12.7. The zero-order chi connectivity index (χ0) is 15.6. The summed E-state index contributed by atoms with van der Waals surface area (Å²) in [6, 6.07) is 4.21. The molecule has 1 aromatic carbocycles. The van der Waals surface area contributed by atoms with Crippen LogP contribution >= 0.6 is 11.6 Å². The van der Waals surface area contributed by atoms with Gasteiger partial charge in [-0.25, -0.2) is 8.42 Å². The van der Waals surface area contributed by atoms with Crippen LogP contribution in [0.2, 0.25) is 5.02 Å². The summed E-state index contributed by atoms with van der Waals surface area (Å²) in [5.41, 5.74) is 5.99. The second kappa shape index (κ2) is 6.21. The molecule has 21 heavy (non-hydrogen) atoms. The fourth-order valence-electron chi connectivity index (χ4n) is 2.42. The average Bonchev–Trinajstić information content (AvgIpc) is 2.41. The minimum Gasteiger partial charge on any atom is -0.399 e. The van der Waals surface area contributed by atoms with Crippen LogP contribution in [-0.2, 0) is 14.8 Å². The molecule has 0 bridgehead atoms. The van der Waals surface area contributed by atoms with Crippen LogP contribution in [0, 0.1) is 0 Å². The van der Waals surface area contributed by atoms with Crippen molar-refractivity contribution < 1.29 is 13.2 Å². The van der Waals surface area contributed by atoms with E-state index >= 15 is 0 Å². The molecule has 0 aliphatic carbocycles. The highest BCUT2D eigenvalue weighted by molar-refractivity contribution is 7.89. The molecule has 8 heteroatoms. The first-order chi connectivity index (χ1) is 9.80. The standard InChI is InChI=1S/C13H18ClN3O3S/c1-9(18)16-11-3-2-6-17(8-11)21(19,20)13-7-10(15)4-5-12(13)14/h4-5,7,11H,2-3,6,8,15H2,1H3,(H,16,18). The molecule has 1 amide bonds. The van der Waals surface area contributed by atoms with Gasteiger partial charge in [-0.3, -0.25) is 4.79 Å². The number of carbonyl (C=O) groups excluding carboxylic acids is 1. The van der Waals surface area contributed by atoms with Crippen molar-refractivity contribution in [3.05, 3.63) is 23.2 Å². The molecule has 6 nitrogen and oxygen atoms in total. The monoisotopic (exact) mass is 331 g/mol. The fraction of sp³-hybridized carbons (Fsp3) is 0.462. The summed E-state index contributed by atoms with van der Waals surface area (Å²) in [5, 5.41) is 2.90. The van der Waals surface area contributed by atoms with E-state index in [1.165, 1.54) is 23.4 Å². The lowest BCUT2D eigenvalue weighted by Gasteiger charge is -2.32. The van der Waals surface area contributed by atoms with Crippen molar-refractivity contribution in [3.63, 3.8) is 0 Å². The third kappa shape index (κ3) is 3.66. The number of amides is 1. The molecular formula is C13H18ClN3O3S. The van der Waals surface area contributed by atoms with Crippen LogP contribution in [0.1, 0.15) is 19.8 Å². The van der Waals surface area contributed by atoms with Gasteiger partial charge in [0.2, 0.25) is 15.9 Å². The molecule has 0 saturated carbocycles. The number of nitrogens with zero attached hydrogens (tertiary/aromatic N) is 1. The molecule has 1 heterocycles. The van der Waals surface area contributed by atoms with Crippen LogP contribution in [0.5, 0.6) is 0 Å². The Bertz CT molecular complexity index is 648. The largest absolute Gasteiger partial charge is 0.399 e. The minimum atomic E-state index is -3.71. The van der Waals surface area contributed by atoms with E-state index < -0.39 is 10.0 Å². The van der Waals surface area contributed by atoms with Gasteiger partial charge in [0, 0.05) is 31.7 Å². The lowest BCUT2D eigenvalue weighted by molar-refractivity contribution is -0.119. The van der Waals surface area contributed by atoms with Crippen molar-refractivity contribution in [1.82, 2.24) is 9.62 Å². The van der Waals surface area contributed by atoms with Crippen LogP contribution in [0.25, 0.3) is 0 Å². The van der Waals surface area contributed by atoms with Crippen LogP contribution in [0.3, 0.4) is 0 Å². The van der Waals surface area contributed by atoms with Gasteiger partial charge in [-0.2, -0.15) is 4.31 Å². The number of rotatable bonds is 3. The first-order valence-corrected chi connectivity index (χ1v) is 8.45. The van der Waals surface area contributed by atoms with E-state index in [1.54, 1.807) is 6.07 Å². The van der Waals surface area contributed by atoms with Gasteiger partial charge in [0.1, 0.15) is 4.90 Å². The highest BCUT2D eigenvalue weighted by Crippen LogP contribution is 2.28. The Labute approximate surface area is 129 Å². The lowest BCUT2D eigenvalue weighted by Crippen LogP contribution is -2.49. The molecule has 0 spiro atoms. The number of hydrogen-bond donors (Lipinski definition) is 2. The summed E-state index contributed by atoms with van der Waals surface area (Å²) in [6.07, 6.45) is 1.44. The number of nitrogen functional groups attached to an aromatic ring is 1. The van der Waals surface area contributed by atoms with Crippen molar-refractivity contribution in [1.29, 1.82) is 0 Å². The zero-order valence-electron chi connectivity index (χ0n) is 11.7. The predicted molar refractivity (Wildman–Crippen MR) is 81.5 cm³/mol. The summed E-state index contributed by atoms with van der Waals surface area (Å²) in [4.78, 5) is 11.1. The smallest absolute Gasteiger partial charge is 0.244 e. The number of nitrogens with two attached hydrogens (primary N) is 1. The molecule has 1 fully saturated rings. The molecule has 0 aromatic heterocycles. The van der Waals surface area contributed by atoms with Crippen LogP contribution in [0.4, 0.5) is 5.69 Å². The van der Waals surface area contributed by atoms with Gasteiger partial charge in [0.05, 0.1) is 5.02 Å².